The number of oxime groups is 1. The van der Waals surface area contributed by atoms with E-state index in [-0.39, 0.29) is 19.6 Å². The second-order valence-corrected chi connectivity index (χ2v) is 7.55. The Balaban J connectivity index is 1.30. The van der Waals surface area contributed by atoms with Gasteiger partial charge in [-0.25, -0.2) is 0 Å². The van der Waals surface area contributed by atoms with Crippen molar-refractivity contribution in [2.24, 2.45) is 5.16 Å². The first-order valence-corrected chi connectivity index (χ1v) is 10.9. The molecule has 0 unspecified atom stereocenters. The van der Waals surface area contributed by atoms with Crippen LogP contribution in [-0.2, 0) is 22.8 Å². The highest BCUT2D eigenvalue weighted by Gasteiger charge is 2.09. The van der Waals surface area contributed by atoms with Gasteiger partial charge in [-0.2, -0.15) is 0 Å². The predicted octanol–water partition coefficient (Wildman–Crippen LogP) is 5.71. The molecule has 0 saturated carbocycles. The Morgan fingerprint density at radius 2 is 1.59 bits per heavy atom. The molecule has 0 aliphatic carbocycles. The summed E-state index contributed by atoms with van der Waals surface area (Å²) in [4.78, 5) is 16.5. The van der Waals surface area contributed by atoms with Gasteiger partial charge in [-0.05, 0) is 23.3 Å². The third kappa shape index (κ3) is 6.56. The molecule has 0 saturated heterocycles. The van der Waals surface area contributed by atoms with Gasteiger partial charge in [0.25, 0.3) is 0 Å². The van der Waals surface area contributed by atoms with Crippen LogP contribution in [0.25, 0.3) is 11.3 Å². The molecule has 1 N–H and O–H groups in total. The molecule has 0 radical (unpaired) electrons. The third-order valence-electron chi connectivity index (χ3n) is 5.02. The van der Waals surface area contributed by atoms with Gasteiger partial charge in [-0.3, -0.25) is 4.79 Å². The first-order chi connectivity index (χ1) is 16.7. The summed E-state index contributed by atoms with van der Waals surface area (Å²) in [5.74, 6) is 0.451. The topological polar surface area (TPSA) is 94.2 Å². The molecule has 0 atom stereocenters. The maximum absolute atomic E-state index is 11.0. The van der Waals surface area contributed by atoms with E-state index in [9.17, 15) is 4.79 Å². The number of aromatic nitrogens is 1. The van der Waals surface area contributed by atoms with E-state index in [1.165, 1.54) is 0 Å². The van der Waals surface area contributed by atoms with Crippen LogP contribution in [0.1, 0.15) is 29.7 Å². The molecule has 3 aromatic carbocycles. The second-order valence-electron chi connectivity index (χ2n) is 7.55. The molecule has 0 bridgehead atoms. The Morgan fingerprint density at radius 1 is 0.882 bits per heavy atom. The van der Waals surface area contributed by atoms with Crippen molar-refractivity contribution in [2.45, 2.75) is 26.1 Å². The SMILES string of the molecule is O=C(O)CC/C(=N\OCc1ccc(OCc2cc(-c3ccccc3)no2)cc1)c1ccccc1. The Labute approximate surface area is 197 Å². The third-order valence-corrected chi connectivity index (χ3v) is 5.02. The summed E-state index contributed by atoms with van der Waals surface area (Å²) >= 11 is 0. The number of hydrogen-bond acceptors (Lipinski definition) is 6. The van der Waals surface area contributed by atoms with Crippen LogP contribution in [-0.4, -0.2) is 21.9 Å². The van der Waals surface area contributed by atoms with Gasteiger partial charge in [0.05, 0.1) is 12.1 Å². The fourth-order valence-corrected chi connectivity index (χ4v) is 3.25. The van der Waals surface area contributed by atoms with Gasteiger partial charge in [0.1, 0.15) is 24.7 Å². The van der Waals surface area contributed by atoms with Gasteiger partial charge in [0.15, 0.2) is 5.76 Å². The summed E-state index contributed by atoms with van der Waals surface area (Å²) in [5, 5.41) is 17.3. The van der Waals surface area contributed by atoms with E-state index in [1.807, 2.05) is 91.0 Å². The van der Waals surface area contributed by atoms with Gasteiger partial charge in [-0.15, -0.1) is 0 Å². The number of carboxylic acids is 1. The molecule has 7 nitrogen and oxygen atoms in total. The van der Waals surface area contributed by atoms with Gasteiger partial charge in [-0.1, -0.05) is 83.1 Å². The number of carbonyl (C=O) groups is 1. The van der Waals surface area contributed by atoms with Crippen molar-refractivity contribution >= 4 is 11.7 Å². The first-order valence-electron chi connectivity index (χ1n) is 10.9. The van der Waals surface area contributed by atoms with Crippen molar-refractivity contribution in [1.29, 1.82) is 0 Å². The summed E-state index contributed by atoms with van der Waals surface area (Å²) in [7, 11) is 0. The van der Waals surface area contributed by atoms with E-state index < -0.39 is 5.97 Å². The predicted molar refractivity (Wildman–Crippen MR) is 127 cm³/mol. The lowest BCUT2D eigenvalue weighted by Gasteiger charge is -2.07. The molecular formula is C27H24N2O5. The summed E-state index contributed by atoms with van der Waals surface area (Å²) in [6.07, 6.45) is 0.279. The van der Waals surface area contributed by atoms with Gasteiger partial charge < -0.3 is 19.2 Å². The highest BCUT2D eigenvalue weighted by molar-refractivity contribution is 6.01. The lowest BCUT2D eigenvalue weighted by atomic mass is 10.1. The number of aliphatic carboxylic acids is 1. The van der Waals surface area contributed by atoms with E-state index >= 15 is 0 Å². The van der Waals surface area contributed by atoms with Crippen LogP contribution in [0.3, 0.4) is 0 Å². The van der Waals surface area contributed by atoms with E-state index in [0.717, 1.165) is 22.4 Å². The highest BCUT2D eigenvalue weighted by Crippen LogP contribution is 2.20. The maximum atomic E-state index is 11.0. The van der Waals surface area contributed by atoms with Crippen LogP contribution in [0.15, 0.2) is 101 Å². The average molecular weight is 456 g/mol. The highest BCUT2D eigenvalue weighted by atomic mass is 16.6. The van der Waals surface area contributed by atoms with Crippen molar-refractivity contribution in [2.75, 3.05) is 0 Å². The lowest BCUT2D eigenvalue weighted by Crippen LogP contribution is -2.06. The molecule has 0 amide bonds. The zero-order valence-electron chi connectivity index (χ0n) is 18.5. The molecule has 0 fully saturated rings. The Hall–Kier alpha value is -4.39. The minimum absolute atomic E-state index is 0.0127. The van der Waals surface area contributed by atoms with Crippen LogP contribution in [0, 0.1) is 0 Å². The molecule has 0 aliphatic heterocycles. The van der Waals surface area contributed by atoms with E-state index in [1.54, 1.807) is 0 Å². The molecule has 4 rings (SSSR count). The van der Waals surface area contributed by atoms with Crippen molar-refractivity contribution in [3.8, 4) is 17.0 Å². The number of hydrogen-bond donors (Lipinski definition) is 1. The maximum Gasteiger partial charge on any atom is 0.303 e. The fourth-order valence-electron chi connectivity index (χ4n) is 3.25. The second kappa shape index (κ2) is 11.5. The lowest BCUT2D eigenvalue weighted by molar-refractivity contribution is -0.136. The number of rotatable bonds is 11. The fraction of sp³-hybridized carbons (Fsp3) is 0.148. The summed E-state index contributed by atoms with van der Waals surface area (Å²) in [6, 6.07) is 28.6. The molecule has 1 heterocycles. The summed E-state index contributed by atoms with van der Waals surface area (Å²) < 4.78 is 11.2. The zero-order chi connectivity index (χ0) is 23.6. The Bertz CT molecular complexity index is 1220. The van der Waals surface area contributed by atoms with Crippen molar-refractivity contribution in [3.05, 3.63) is 108 Å². The van der Waals surface area contributed by atoms with Gasteiger partial charge in [0, 0.05) is 18.1 Å². The first kappa shape index (κ1) is 22.8. The van der Waals surface area contributed by atoms with Crippen molar-refractivity contribution in [1.82, 2.24) is 5.16 Å². The Kier molecular flexibility index (Phi) is 7.69. The molecule has 34 heavy (non-hydrogen) atoms. The number of carboxylic acid groups (broad SMARTS) is 1. The van der Waals surface area contributed by atoms with Crippen molar-refractivity contribution < 1.29 is 24.0 Å². The van der Waals surface area contributed by atoms with Crippen LogP contribution in [0.2, 0.25) is 0 Å². The minimum Gasteiger partial charge on any atom is -0.486 e. The van der Waals surface area contributed by atoms with Crippen LogP contribution in [0.5, 0.6) is 5.75 Å². The summed E-state index contributed by atoms with van der Waals surface area (Å²) in [5.41, 5.74) is 4.11. The molecule has 7 heteroatoms. The molecular weight excluding hydrogens is 432 g/mol. The van der Waals surface area contributed by atoms with E-state index in [0.29, 0.717) is 23.6 Å². The molecule has 0 aliphatic rings. The quantitative estimate of drug-likeness (QED) is 0.230. The van der Waals surface area contributed by atoms with Gasteiger partial charge in [0.2, 0.25) is 0 Å². The van der Waals surface area contributed by atoms with Crippen LogP contribution < -0.4 is 4.74 Å². The smallest absolute Gasteiger partial charge is 0.303 e. The zero-order valence-corrected chi connectivity index (χ0v) is 18.5. The molecule has 1 aromatic heterocycles. The normalized spacial score (nSPS) is 11.2. The number of ether oxygens (including phenoxy) is 1. The van der Waals surface area contributed by atoms with E-state index in [4.69, 9.17) is 19.2 Å². The largest absolute Gasteiger partial charge is 0.486 e. The minimum atomic E-state index is -0.874. The summed E-state index contributed by atoms with van der Waals surface area (Å²) in [6.45, 7) is 0.524. The Morgan fingerprint density at radius 3 is 2.29 bits per heavy atom. The number of nitrogens with zero attached hydrogens (tertiary/aromatic N) is 2. The number of benzene rings is 3. The monoisotopic (exact) mass is 456 g/mol. The van der Waals surface area contributed by atoms with Gasteiger partial charge >= 0.3 is 5.97 Å². The van der Waals surface area contributed by atoms with Crippen molar-refractivity contribution in [3.63, 3.8) is 0 Å². The molecule has 172 valence electrons. The standard InChI is InChI=1S/C27H24N2O5/c30-27(31)16-15-25(21-7-3-1-4-8-21)28-33-18-20-11-13-23(14-12-20)32-19-24-17-26(29-34-24)22-9-5-2-6-10-22/h1-14,17H,15-16,18-19H2,(H,30,31)/b28-25+. The van der Waals surface area contributed by atoms with E-state index in [2.05, 4.69) is 10.3 Å². The van der Waals surface area contributed by atoms with Crippen LogP contribution in [0.4, 0.5) is 0 Å². The van der Waals surface area contributed by atoms with Crippen LogP contribution >= 0.6 is 0 Å². The molecule has 4 aromatic rings. The molecule has 0 spiro atoms. The average Bonchev–Trinajstić information content (AvgIpc) is 3.36.